The lowest BCUT2D eigenvalue weighted by atomic mass is 10.0. The standard InChI is InChI=1S/C21H19F2N3O4/c22-13-4-3-11(15(23)6-13)8-24-19(29)14-9-26-16(18(28)17(14)27)20(30)25-5-1-2-12-7-21(12,26)10-25/h3-4,6,9,12,28H,1-2,5,7-8,10H2,(H,24,29)/t12-,21?/m1/s1. The van der Waals surface area contributed by atoms with E-state index < -0.39 is 40.2 Å². The number of carbonyl (C=O) groups is 2. The summed E-state index contributed by atoms with van der Waals surface area (Å²) in [5.74, 6) is -3.18. The highest BCUT2D eigenvalue weighted by Crippen LogP contribution is 2.57. The normalized spacial score (nSPS) is 24.0. The number of rotatable bonds is 3. The Balaban J connectivity index is 1.50. The van der Waals surface area contributed by atoms with Crippen LogP contribution >= 0.6 is 0 Å². The van der Waals surface area contributed by atoms with Crippen molar-refractivity contribution in [2.24, 2.45) is 5.92 Å². The van der Waals surface area contributed by atoms with Crippen LogP contribution in [0.3, 0.4) is 0 Å². The largest absolute Gasteiger partial charge is 0.503 e. The summed E-state index contributed by atoms with van der Waals surface area (Å²) >= 11 is 0. The average molecular weight is 415 g/mol. The predicted octanol–water partition coefficient (Wildman–Crippen LogP) is 1.73. The molecule has 1 saturated carbocycles. The number of halogens is 2. The number of benzene rings is 1. The number of amides is 2. The fraction of sp³-hybridized carbons (Fsp3) is 0.381. The van der Waals surface area contributed by atoms with Gasteiger partial charge in [-0.05, 0) is 31.2 Å². The third-order valence-electron chi connectivity index (χ3n) is 6.50. The summed E-state index contributed by atoms with van der Waals surface area (Å²) in [5, 5.41) is 13.0. The molecule has 2 aromatic rings. The monoisotopic (exact) mass is 415 g/mol. The molecule has 2 N–H and O–H groups in total. The number of aromatic hydroxyl groups is 1. The van der Waals surface area contributed by atoms with Gasteiger partial charge in [-0.1, -0.05) is 6.07 Å². The minimum atomic E-state index is -0.944. The zero-order valence-electron chi connectivity index (χ0n) is 16.0. The van der Waals surface area contributed by atoms with Crippen molar-refractivity contribution in [2.45, 2.75) is 31.3 Å². The van der Waals surface area contributed by atoms with Gasteiger partial charge in [-0.3, -0.25) is 14.4 Å². The van der Waals surface area contributed by atoms with E-state index in [0.717, 1.165) is 25.3 Å². The van der Waals surface area contributed by atoms with Crippen molar-refractivity contribution < 1.29 is 23.5 Å². The molecular weight excluding hydrogens is 396 g/mol. The Bertz CT molecular complexity index is 1160. The zero-order chi connectivity index (χ0) is 21.2. The van der Waals surface area contributed by atoms with Crippen molar-refractivity contribution in [3.63, 3.8) is 0 Å². The summed E-state index contributed by atoms with van der Waals surface area (Å²) in [7, 11) is 0. The maximum atomic E-state index is 13.8. The third-order valence-corrected chi connectivity index (χ3v) is 6.50. The third kappa shape index (κ3) is 2.64. The molecule has 2 fully saturated rings. The molecule has 1 unspecified atom stereocenters. The zero-order valence-corrected chi connectivity index (χ0v) is 16.0. The van der Waals surface area contributed by atoms with Crippen LogP contribution in [0.2, 0.25) is 0 Å². The van der Waals surface area contributed by atoms with Gasteiger partial charge < -0.3 is 19.9 Å². The number of nitrogens with zero attached hydrogens (tertiary/aromatic N) is 2. The number of hydrogen-bond donors (Lipinski definition) is 2. The molecule has 1 aromatic heterocycles. The van der Waals surface area contributed by atoms with Gasteiger partial charge in [0.1, 0.15) is 17.2 Å². The van der Waals surface area contributed by atoms with Crippen LogP contribution in [0, 0.1) is 17.6 Å². The van der Waals surface area contributed by atoms with Crippen molar-refractivity contribution in [1.82, 2.24) is 14.8 Å². The SMILES string of the molecule is O=C(NCc1ccc(F)cc1F)c1cn2c(c(O)c1=O)C(=O)N1CCC[C@@H]3CC32C1. The molecule has 1 aliphatic carbocycles. The van der Waals surface area contributed by atoms with Crippen molar-refractivity contribution >= 4 is 11.8 Å². The van der Waals surface area contributed by atoms with E-state index in [4.69, 9.17) is 0 Å². The van der Waals surface area contributed by atoms with Crippen molar-refractivity contribution in [3.05, 3.63) is 63.1 Å². The fourth-order valence-corrected chi connectivity index (χ4v) is 4.82. The van der Waals surface area contributed by atoms with Crippen molar-refractivity contribution in [3.8, 4) is 5.75 Å². The van der Waals surface area contributed by atoms with E-state index in [0.29, 0.717) is 25.1 Å². The minimum absolute atomic E-state index is 0.0578. The molecule has 30 heavy (non-hydrogen) atoms. The number of aromatic nitrogens is 1. The van der Waals surface area contributed by atoms with Crippen LogP contribution in [0.1, 0.15) is 45.7 Å². The van der Waals surface area contributed by atoms with Gasteiger partial charge in [0.25, 0.3) is 11.8 Å². The summed E-state index contributed by atoms with van der Waals surface area (Å²) in [5.41, 5.74) is -1.67. The smallest absolute Gasteiger partial charge is 0.274 e. The van der Waals surface area contributed by atoms with Gasteiger partial charge in [-0.2, -0.15) is 0 Å². The van der Waals surface area contributed by atoms with Crippen LogP contribution in [-0.2, 0) is 12.1 Å². The van der Waals surface area contributed by atoms with Crippen molar-refractivity contribution in [2.75, 3.05) is 13.1 Å². The Morgan fingerprint density at radius 3 is 2.87 bits per heavy atom. The molecule has 3 heterocycles. The summed E-state index contributed by atoms with van der Waals surface area (Å²) in [6, 6.07) is 2.98. The van der Waals surface area contributed by atoms with E-state index in [1.165, 1.54) is 12.3 Å². The number of pyridine rings is 1. The maximum absolute atomic E-state index is 13.8. The molecule has 1 saturated heterocycles. The molecule has 1 aromatic carbocycles. The molecule has 156 valence electrons. The van der Waals surface area contributed by atoms with Gasteiger partial charge >= 0.3 is 0 Å². The number of hydrogen-bond acceptors (Lipinski definition) is 4. The molecule has 9 heteroatoms. The molecular formula is C21H19F2N3O4. The Hall–Kier alpha value is -3.23. The Labute approximate surface area is 169 Å². The summed E-state index contributed by atoms with van der Waals surface area (Å²) in [6.45, 7) is 0.817. The molecule has 7 nitrogen and oxygen atoms in total. The van der Waals surface area contributed by atoms with E-state index in [1.54, 1.807) is 9.47 Å². The summed E-state index contributed by atoms with van der Waals surface area (Å²) < 4.78 is 28.5. The van der Waals surface area contributed by atoms with Crippen molar-refractivity contribution in [1.29, 1.82) is 0 Å². The van der Waals surface area contributed by atoms with Crippen LogP contribution in [-0.4, -0.2) is 39.5 Å². The molecule has 2 atom stereocenters. The Morgan fingerprint density at radius 2 is 2.10 bits per heavy atom. The van der Waals surface area contributed by atoms with Gasteiger partial charge in [0.15, 0.2) is 11.4 Å². The van der Waals surface area contributed by atoms with Crippen LogP contribution in [0.15, 0.2) is 29.2 Å². The first-order valence-electron chi connectivity index (χ1n) is 9.82. The second-order valence-electron chi connectivity index (χ2n) is 8.23. The molecule has 3 aliphatic rings. The molecule has 0 radical (unpaired) electrons. The maximum Gasteiger partial charge on any atom is 0.274 e. The summed E-state index contributed by atoms with van der Waals surface area (Å²) in [6.07, 6.45) is 3.94. The Kier molecular flexibility index (Phi) is 4.00. The van der Waals surface area contributed by atoms with E-state index in [9.17, 15) is 28.3 Å². The predicted molar refractivity (Wildman–Crippen MR) is 101 cm³/mol. The van der Waals surface area contributed by atoms with E-state index >= 15 is 0 Å². The second kappa shape index (κ2) is 6.38. The molecule has 2 aliphatic heterocycles. The number of fused-ring (bicyclic) bond motifs is 2. The quantitative estimate of drug-likeness (QED) is 0.799. The molecule has 5 rings (SSSR count). The second-order valence-corrected chi connectivity index (χ2v) is 8.23. The summed E-state index contributed by atoms with van der Waals surface area (Å²) in [4.78, 5) is 39.8. The van der Waals surface area contributed by atoms with Gasteiger partial charge in [-0.15, -0.1) is 0 Å². The molecule has 2 amide bonds. The fourth-order valence-electron chi connectivity index (χ4n) is 4.82. The van der Waals surface area contributed by atoms with E-state index in [2.05, 4.69) is 5.32 Å². The lowest BCUT2D eigenvalue weighted by Gasteiger charge is -2.36. The van der Waals surface area contributed by atoms with Crippen LogP contribution in [0.25, 0.3) is 0 Å². The van der Waals surface area contributed by atoms with Crippen LogP contribution in [0.5, 0.6) is 5.75 Å². The number of nitrogens with one attached hydrogen (secondary N) is 1. The number of carbonyl (C=O) groups excluding carboxylic acids is 2. The van der Waals surface area contributed by atoms with Gasteiger partial charge in [-0.25, -0.2) is 8.78 Å². The van der Waals surface area contributed by atoms with Crippen LogP contribution < -0.4 is 10.7 Å². The minimum Gasteiger partial charge on any atom is -0.503 e. The first-order valence-corrected chi connectivity index (χ1v) is 9.82. The lowest BCUT2D eigenvalue weighted by Crippen LogP contribution is -2.49. The molecule has 2 bridgehead atoms. The molecule has 1 spiro atoms. The highest BCUT2D eigenvalue weighted by atomic mass is 19.1. The van der Waals surface area contributed by atoms with E-state index in [-0.39, 0.29) is 23.4 Å². The first kappa shape index (κ1) is 18.8. The highest BCUT2D eigenvalue weighted by Gasteiger charge is 2.61. The van der Waals surface area contributed by atoms with Gasteiger partial charge in [0, 0.05) is 37.5 Å². The first-order chi connectivity index (χ1) is 14.3. The Morgan fingerprint density at radius 1 is 1.30 bits per heavy atom. The topological polar surface area (TPSA) is 91.6 Å². The van der Waals surface area contributed by atoms with E-state index in [1.807, 2.05) is 0 Å². The van der Waals surface area contributed by atoms with Gasteiger partial charge in [0.05, 0.1) is 5.54 Å². The van der Waals surface area contributed by atoms with Crippen LogP contribution in [0.4, 0.5) is 8.78 Å². The van der Waals surface area contributed by atoms with Gasteiger partial charge in [0.2, 0.25) is 5.43 Å². The highest BCUT2D eigenvalue weighted by molar-refractivity contribution is 5.99. The average Bonchev–Trinajstić information content (AvgIpc) is 3.41. The lowest BCUT2D eigenvalue weighted by molar-refractivity contribution is 0.0650.